The van der Waals surface area contributed by atoms with Gasteiger partial charge in [-0.1, -0.05) is 0 Å². The lowest BCUT2D eigenvalue weighted by molar-refractivity contribution is 0.00578. The predicted molar refractivity (Wildman–Crippen MR) is 68.8 cm³/mol. The standard InChI is InChI=1S/C13H22BFO3/c1-11(2)12(3,4)18-14(17-11)10(15)8-13(6-7-13)9-16-5/h8H,6-7,9H2,1-5H3. The van der Waals surface area contributed by atoms with Crippen molar-refractivity contribution in [1.82, 2.24) is 0 Å². The predicted octanol–water partition coefficient (Wildman–Crippen LogP) is 2.90. The van der Waals surface area contributed by atoms with Gasteiger partial charge in [0.2, 0.25) is 0 Å². The van der Waals surface area contributed by atoms with Crippen molar-refractivity contribution >= 4 is 7.12 Å². The topological polar surface area (TPSA) is 27.7 Å². The molecule has 1 saturated heterocycles. The van der Waals surface area contributed by atoms with Crippen molar-refractivity contribution in [2.45, 2.75) is 51.7 Å². The van der Waals surface area contributed by atoms with Crippen molar-refractivity contribution in [2.24, 2.45) is 5.41 Å². The molecule has 1 saturated carbocycles. The summed E-state index contributed by atoms with van der Waals surface area (Å²) in [6.07, 6.45) is 3.56. The Hall–Kier alpha value is -0.385. The molecule has 2 aliphatic rings. The first kappa shape index (κ1) is 14.0. The average molecular weight is 256 g/mol. The highest BCUT2D eigenvalue weighted by Crippen LogP contribution is 2.49. The highest BCUT2D eigenvalue weighted by Gasteiger charge is 2.54. The molecular weight excluding hydrogens is 234 g/mol. The average Bonchev–Trinajstić information content (AvgIpc) is 2.91. The summed E-state index contributed by atoms with van der Waals surface area (Å²) < 4.78 is 30.7. The van der Waals surface area contributed by atoms with Crippen molar-refractivity contribution < 1.29 is 18.4 Å². The molecule has 0 aromatic rings. The van der Waals surface area contributed by atoms with Crippen LogP contribution in [0.3, 0.4) is 0 Å². The molecule has 1 aliphatic carbocycles. The Morgan fingerprint density at radius 1 is 1.22 bits per heavy atom. The Morgan fingerprint density at radius 3 is 2.11 bits per heavy atom. The lowest BCUT2D eigenvalue weighted by atomic mass is 9.85. The third kappa shape index (κ3) is 2.49. The Labute approximate surface area is 109 Å². The minimum absolute atomic E-state index is 0.136. The zero-order chi connectivity index (χ0) is 13.6. The van der Waals surface area contributed by atoms with E-state index in [9.17, 15) is 4.39 Å². The molecule has 0 unspecified atom stereocenters. The summed E-state index contributed by atoms with van der Waals surface area (Å²) in [6.45, 7) is 8.23. The van der Waals surface area contributed by atoms with E-state index in [4.69, 9.17) is 14.0 Å². The van der Waals surface area contributed by atoms with Gasteiger partial charge in [-0.05, 0) is 46.6 Å². The van der Waals surface area contributed by atoms with Gasteiger partial charge in [0.1, 0.15) is 5.73 Å². The first-order valence-electron chi connectivity index (χ1n) is 6.44. The van der Waals surface area contributed by atoms with Crippen LogP contribution in [0.25, 0.3) is 0 Å². The number of methoxy groups -OCH3 is 1. The zero-order valence-electron chi connectivity index (χ0n) is 11.9. The summed E-state index contributed by atoms with van der Waals surface area (Å²) >= 11 is 0. The molecule has 18 heavy (non-hydrogen) atoms. The maximum Gasteiger partial charge on any atom is 0.524 e. The largest absolute Gasteiger partial charge is 0.524 e. The normalized spacial score (nSPS) is 28.6. The molecule has 0 spiro atoms. The van der Waals surface area contributed by atoms with Crippen LogP contribution < -0.4 is 0 Å². The summed E-state index contributed by atoms with van der Waals surface area (Å²) in [5.41, 5.74) is -1.47. The van der Waals surface area contributed by atoms with Gasteiger partial charge >= 0.3 is 7.12 Å². The molecule has 2 fully saturated rings. The molecule has 0 atom stereocenters. The van der Waals surface area contributed by atoms with E-state index in [2.05, 4.69) is 0 Å². The van der Waals surface area contributed by atoms with E-state index in [1.54, 1.807) is 13.2 Å². The fraction of sp³-hybridized carbons (Fsp3) is 0.846. The monoisotopic (exact) mass is 256 g/mol. The van der Waals surface area contributed by atoms with Gasteiger partial charge in [0.05, 0.1) is 17.8 Å². The van der Waals surface area contributed by atoms with Crippen LogP contribution in [0.5, 0.6) is 0 Å². The molecule has 3 nitrogen and oxygen atoms in total. The maximum atomic E-state index is 14.2. The van der Waals surface area contributed by atoms with Gasteiger partial charge in [0.15, 0.2) is 0 Å². The molecule has 0 bridgehead atoms. The summed E-state index contributed by atoms with van der Waals surface area (Å²) in [5.74, 6) is 0. The minimum Gasteiger partial charge on any atom is -0.398 e. The molecule has 0 amide bonds. The van der Waals surface area contributed by atoms with E-state index >= 15 is 0 Å². The Bertz CT molecular complexity index is 345. The van der Waals surface area contributed by atoms with Crippen LogP contribution in [0.2, 0.25) is 0 Å². The first-order valence-corrected chi connectivity index (χ1v) is 6.44. The second kappa shape index (κ2) is 4.32. The van der Waals surface area contributed by atoms with Gasteiger partial charge in [-0.3, -0.25) is 0 Å². The van der Waals surface area contributed by atoms with Crippen molar-refractivity contribution in [3.05, 3.63) is 11.8 Å². The van der Waals surface area contributed by atoms with Crippen LogP contribution in [0.1, 0.15) is 40.5 Å². The molecular formula is C13H22BFO3. The number of halogens is 1. The van der Waals surface area contributed by atoms with Crippen molar-refractivity contribution in [3.63, 3.8) is 0 Å². The zero-order valence-corrected chi connectivity index (χ0v) is 11.9. The number of hydrogen-bond acceptors (Lipinski definition) is 3. The SMILES string of the molecule is COCC1(C=C(F)B2OC(C)(C)C(C)(C)O2)CC1. The Morgan fingerprint density at radius 2 is 1.72 bits per heavy atom. The van der Waals surface area contributed by atoms with E-state index < -0.39 is 18.3 Å². The second-order valence-corrected chi connectivity index (χ2v) is 6.41. The maximum absolute atomic E-state index is 14.2. The Balaban J connectivity index is 2.08. The summed E-state index contributed by atoms with van der Waals surface area (Å²) in [5, 5.41) is 0. The highest BCUT2D eigenvalue weighted by atomic mass is 19.1. The molecule has 1 heterocycles. The van der Waals surface area contributed by atoms with Crippen molar-refractivity contribution in [1.29, 1.82) is 0 Å². The fourth-order valence-electron chi connectivity index (χ4n) is 2.09. The lowest BCUT2D eigenvalue weighted by Gasteiger charge is -2.32. The van der Waals surface area contributed by atoms with Crippen LogP contribution in [0.15, 0.2) is 11.8 Å². The van der Waals surface area contributed by atoms with Gasteiger partial charge in [0, 0.05) is 12.5 Å². The molecule has 102 valence electrons. The van der Waals surface area contributed by atoms with Gasteiger partial charge in [-0.2, -0.15) is 0 Å². The van der Waals surface area contributed by atoms with Crippen LogP contribution in [0, 0.1) is 5.41 Å². The van der Waals surface area contributed by atoms with Gasteiger partial charge in [-0.15, -0.1) is 0 Å². The first-order chi connectivity index (χ1) is 8.21. The molecule has 0 radical (unpaired) electrons. The van der Waals surface area contributed by atoms with E-state index in [1.165, 1.54) is 0 Å². The van der Waals surface area contributed by atoms with Gasteiger partial charge < -0.3 is 14.0 Å². The lowest BCUT2D eigenvalue weighted by Crippen LogP contribution is -2.41. The number of hydrogen-bond donors (Lipinski definition) is 0. The quantitative estimate of drug-likeness (QED) is 0.724. The van der Waals surface area contributed by atoms with Crippen LogP contribution in [-0.4, -0.2) is 32.0 Å². The third-order valence-corrected chi connectivity index (χ3v) is 4.25. The van der Waals surface area contributed by atoms with Crippen LogP contribution in [-0.2, 0) is 14.0 Å². The summed E-state index contributed by atoms with van der Waals surface area (Å²) in [4.78, 5) is 0. The van der Waals surface area contributed by atoms with Crippen LogP contribution in [0.4, 0.5) is 4.39 Å². The summed E-state index contributed by atoms with van der Waals surface area (Å²) in [7, 11) is 0.755. The number of ether oxygens (including phenoxy) is 1. The van der Waals surface area contributed by atoms with E-state index in [1.807, 2.05) is 27.7 Å². The highest BCUT2D eigenvalue weighted by molar-refractivity contribution is 6.53. The van der Waals surface area contributed by atoms with Crippen LogP contribution >= 0.6 is 0 Å². The molecule has 2 rings (SSSR count). The number of rotatable bonds is 4. The molecule has 0 aromatic heterocycles. The molecule has 0 aromatic carbocycles. The van der Waals surface area contributed by atoms with Crippen molar-refractivity contribution in [3.8, 4) is 0 Å². The van der Waals surface area contributed by atoms with Gasteiger partial charge in [-0.25, -0.2) is 4.39 Å². The fourth-order valence-corrected chi connectivity index (χ4v) is 2.09. The molecule has 0 N–H and O–H groups in total. The molecule has 1 aliphatic heterocycles. The second-order valence-electron chi connectivity index (χ2n) is 6.41. The van der Waals surface area contributed by atoms with Crippen molar-refractivity contribution in [2.75, 3.05) is 13.7 Å². The Kier molecular flexibility index (Phi) is 3.37. The van der Waals surface area contributed by atoms with Gasteiger partial charge in [0.25, 0.3) is 0 Å². The summed E-state index contributed by atoms with van der Waals surface area (Å²) in [6, 6.07) is 0. The van der Waals surface area contributed by atoms with E-state index in [0.717, 1.165) is 12.8 Å². The van der Waals surface area contributed by atoms with E-state index in [0.29, 0.717) is 6.61 Å². The smallest absolute Gasteiger partial charge is 0.398 e. The third-order valence-electron chi connectivity index (χ3n) is 4.25. The molecule has 5 heteroatoms. The van der Waals surface area contributed by atoms with E-state index in [-0.39, 0.29) is 11.1 Å². The minimum atomic E-state index is -0.885.